The number of benzene rings is 1. The lowest BCUT2D eigenvalue weighted by Gasteiger charge is -2.12. The van der Waals surface area contributed by atoms with Crippen molar-refractivity contribution in [3.05, 3.63) is 52.2 Å². The Labute approximate surface area is 129 Å². The first kappa shape index (κ1) is 15.4. The van der Waals surface area contributed by atoms with E-state index in [1.165, 1.54) is 4.88 Å². The number of thiophene rings is 1. The first-order chi connectivity index (χ1) is 10.3. The molecule has 0 saturated heterocycles. The number of rotatable bonds is 6. The second kappa shape index (κ2) is 8.32. The normalized spacial score (nSPS) is 11.2. The number of para-hydroxylation sites is 1. The van der Waals surface area contributed by atoms with E-state index in [0.29, 0.717) is 13.2 Å². The van der Waals surface area contributed by atoms with Crippen molar-refractivity contribution >= 4 is 17.3 Å². The van der Waals surface area contributed by atoms with Gasteiger partial charge in [-0.3, -0.25) is 4.99 Å². The van der Waals surface area contributed by atoms with Gasteiger partial charge in [0.15, 0.2) is 5.96 Å². The van der Waals surface area contributed by atoms with Gasteiger partial charge in [-0.05, 0) is 30.0 Å². The highest BCUT2D eigenvalue weighted by atomic mass is 32.1. The monoisotopic (exact) mass is 303 g/mol. The number of nitrogens with one attached hydrogen (secondary N) is 2. The van der Waals surface area contributed by atoms with Gasteiger partial charge < -0.3 is 15.4 Å². The predicted octanol–water partition coefficient (Wildman–Crippen LogP) is 2.80. The summed E-state index contributed by atoms with van der Waals surface area (Å²) >= 11 is 1.73. The summed E-state index contributed by atoms with van der Waals surface area (Å²) < 4.78 is 5.74. The molecule has 0 aliphatic rings. The zero-order valence-corrected chi connectivity index (χ0v) is 13.2. The standard InChI is InChI=1S/C16H21N3OS/c1-13-6-3-4-8-15(13)20-10-9-18-16(17-2)19-12-14-7-5-11-21-14/h3-8,11H,9-10,12H2,1-2H3,(H2,17,18,19). The van der Waals surface area contributed by atoms with Crippen molar-refractivity contribution < 1.29 is 4.74 Å². The Kier molecular flexibility index (Phi) is 6.09. The highest BCUT2D eigenvalue weighted by Crippen LogP contribution is 2.15. The largest absolute Gasteiger partial charge is 0.491 e. The molecule has 0 unspecified atom stereocenters. The summed E-state index contributed by atoms with van der Waals surface area (Å²) in [6, 6.07) is 12.2. The van der Waals surface area contributed by atoms with Gasteiger partial charge in [0.25, 0.3) is 0 Å². The SMILES string of the molecule is CN=C(NCCOc1ccccc1C)NCc1cccs1. The number of hydrogen-bond acceptors (Lipinski definition) is 3. The molecule has 0 aliphatic heterocycles. The molecule has 0 saturated carbocycles. The van der Waals surface area contributed by atoms with Crippen molar-refractivity contribution in [3.8, 4) is 5.75 Å². The Hall–Kier alpha value is -2.01. The van der Waals surface area contributed by atoms with E-state index in [4.69, 9.17) is 4.74 Å². The van der Waals surface area contributed by atoms with Crippen LogP contribution in [-0.4, -0.2) is 26.2 Å². The van der Waals surface area contributed by atoms with Crippen LogP contribution >= 0.6 is 11.3 Å². The van der Waals surface area contributed by atoms with E-state index in [2.05, 4.69) is 27.1 Å². The highest BCUT2D eigenvalue weighted by molar-refractivity contribution is 7.09. The number of ether oxygens (including phenoxy) is 1. The second-order valence-corrected chi connectivity index (χ2v) is 5.58. The third-order valence-corrected chi connectivity index (χ3v) is 3.86. The predicted molar refractivity (Wildman–Crippen MR) is 89.2 cm³/mol. The molecule has 1 aromatic carbocycles. The number of guanidine groups is 1. The van der Waals surface area contributed by atoms with Crippen LogP contribution in [-0.2, 0) is 6.54 Å². The van der Waals surface area contributed by atoms with Gasteiger partial charge >= 0.3 is 0 Å². The van der Waals surface area contributed by atoms with Crippen LogP contribution in [0.2, 0.25) is 0 Å². The van der Waals surface area contributed by atoms with Gasteiger partial charge in [0.2, 0.25) is 0 Å². The molecule has 0 fully saturated rings. The summed E-state index contributed by atoms with van der Waals surface area (Å²) in [4.78, 5) is 5.48. The first-order valence-corrected chi connectivity index (χ1v) is 7.83. The Bertz CT molecular complexity index is 567. The number of aryl methyl sites for hydroxylation is 1. The van der Waals surface area contributed by atoms with Gasteiger partial charge in [0.1, 0.15) is 12.4 Å². The molecule has 112 valence electrons. The van der Waals surface area contributed by atoms with Crippen LogP contribution in [0.25, 0.3) is 0 Å². The van der Waals surface area contributed by atoms with E-state index in [1.54, 1.807) is 18.4 Å². The van der Waals surface area contributed by atoms with Gasteiger partial charge in [-0.1, -0.05) is 24.3 Å². The molecule has 21 heavy (non-hydrogen) atoms. The minimum Gasteiger partial charge on any atom is -0.491 e. The van der Waals surface area contributed by atoms with Crippen LogP contribution in [0.15, 0.2) is 46.8 Å². The van der Waals surface area contributed by atoms with E-state index in [-0.39, 0.29) is 0 Å². The van der Waals surface area contributed by atoms with Crippen LogP contribution in [0.3, 0.4) is 0 Å². The quantitative estimate of drug-likeness (QED) is 0.490. The molecule has 0 spiro atoms. The highest BCUT2D eigenvalue weighted by Gasteiger charge is 2.00. The summed E-state index contributed by atoms with van der Waals surface area (Å²) in [5.41, 5.74) is 1.15. The molecule has 5 heteroatoms. The first-order valence-electron chi connectivity index (χ1n) is 6.95. The van der Waals surface area contributed by atoms with Crippen molar-refractivity contribution in [3.63, 3.8) is 0 Å². The average Bonchev–Trinajstić information content (AvgIpc) is 3.01. The van der Waals surface area contributed by atoms with Gasteiger partial charge in [-0.15, -0.1) is 11.3 Å². The third-order valence-electron chi connectivity index (χ3n) is 2.98. The van der Waals surface area contributed by atoms with Crippen molar-refractivity contribution in [2.75, 3.05) is 20.2 Å². The topological polar surface area (TPSA) is 45.7 Å². The van der Waals surface area contributed by atoms with Crippen molar-refractivity contribution in [2.45, 2.75) is 13.5 Å². The molecular formula is C16H21N3OS. The molecule has 0 bridgehead atoms. The zero-order valence-electron chi connectivity index (χ0n) is 12.4. The fourth-order valence-corrected chi connectivity index (χ4v) is 2.50. The van der Waals surface area contributed by atoms with Crippen LogP contribution < -0.4 is 15.4 Å². The van der Waals surface area contributed by atoms with Gasteiger partial charge in [0, 0.05) is 11.9 Å². The average molecular weight is 303 g/mol. The maximum atomic E-state index is 5.74. The molecule has 0 aliphatic carbocycles. The Morgan fingerprint density at radius 2 is 2.05 bits per heavy atom. The molecule has 2 rings (SSSR count). The molecule has 4 nitrogen and oxygen atoms in total. The smallest absolute Gasteiger partial charge is 0.191 e. The van der Waals surface area contributed by atoms with E-state index >= 15 is 0 Å². The minimum atomic E-state index is 0.602. The van der Waals surface area contributed by atoms with E-state index < -0.39 is 0 Å². The fourth-order valence-electron chi connectivity index (χ4n) is 1.85. The summed E-state index contributed by atoms with van der Waals surface area (Å²) in [6.07, 6.45) is 0. The van der Waals surface area contributed by atoms with Crippen molar-refractivity contribution in [1.82, 2.24) is 10.6 Å². The van der Waals surface area contributed by atoms with Gasteiger partial charge in [0.05, 0.1) is 13.1 Å². The number of nitrogens with zero attached hydrogens (tertiary/aromatic N) is 1. The lowest BCUT2D eigenvalue weighted by molar-refractivity contribution is 0.320. The van der Waals surface area contributed by atoms with Crippen molar-refractivity contribution in [2.24, 2.45) is 4.99 Å². The van der Waals surface area contributed by atoms with Crippen LogP contribution in [0.4, 0.5) is 0 Å². The summed E-state index contributed by atoms with van der Waals surface area (Å²) in [7, 11) is 1.77. The second-order valence-electron chi connectivity index (χ2n) is 4.55. The maximum absolute atomic E-state index is 5.74. The molecule has 0 radical (unpaired) electrons. The zero-order chi connectivity index (χ0) is 14.9. The van der Waals surface area contributed by atoms with Crippen LogP contribution in [0.1, 0.15) is 10.4 Å². The Morgan fingerprint density at radius 3 is 2.76 bits per heavy atom. The number of hydrogen-bond donors (Lipinski definition) is 2. The van der Waals surface area contributed by atoms with Crippen LogP contribution in [0, 0.1) is 6.92 Å². The van der Waals surface area contributed by atoms with Gasteiger partial charge in [-0.2, -0.15) is 0 Å². The van der Waals surface area contributed by atoms with E-state index in [9.17, 15) is 0 Å². The minimum absolute atomic E-state index is 0.602. The summed E-state index contributed by atoms with van der Waals surface area (Å²) in [6.45, 7) is 4.14. The molecule has 1 heterocycles. The lowest BCUT2D eigenvalue weighted by atomic mass is 10.2. The lowest BCUT2D eigenvalue weighted by Crippen LogP contribution is -2.38. The molecule has 2 aromatic rings. The Morgan fingerprint density at radius 1 is 1.19 bits per heavy atom. The molecule has 0 amide bonds. The summed E-state index contributed by atoms with van der Waals surface area (Å²) in [5, 5.41) is 8.59. The third kappa shape index (κ3) is 5.11. The maximum Gasteiger partial charge on any atom is 0.191 e. The fraction of sp³-hybridized carbons (Fsp3) is 0.312. The van der Waals surface area contributed by atoms with Crippen molar-refractivity contribution in [1.29, 1.82) is 0 Å². The van der Waals surface area contributed by atoms with Gasteiger partial charge in [-0.25, -0.2) is 0 Å². The molecular weight excluding hydrogens is 282 g/mol. The number of aliphatic imine (C=N–C) groups is 1. The van der Waals surface area contributed by atoms with E-state index in [0.717, 1.165) is 23.8 Å². The molecule has 2 N–H and O–H groups in total. The van der Waals surface area contributed by atoms with Crippen LogP contribution in [0.5, 0.6) is 5.75 Å². The molecule has 0 atom stereocenters. The molecule has 1 aromatic heterocycles. The van der Waals surface area contributed by atoms with E-state index in [1.807, 2.05) is 37.3 Å². The Balaban J connectivity index is 1.68. The summed E-state index contributed by atoms with van der Waals surface area (Å²) in [5.74, 6) is 1.72.